The number of nitrogens with zero attached hydrogens (tertiary/aromatic N) is 1. The Labute approximate surface area is 140 Å². The van der Waals surface area contributed by atoms with Crippen LogP contribution >= 0.6 is 0 Å². The molecule has 6 heteroatoms. The Bertz CT molecular complexity index is 747. The van der Waals surface area contributed by atoms with Crippen molar-refractivity contribution >= 4 is 23.4 Å². The maximum Gasteiger partial charge on any atom is 0.323 e. The number of ether oxygens (including phenoxy) is 1. The number of carbonyl (C=O) groups is 2. The van der Waals surface area contributed by atoms with Gasteiger partial charge in [-0.3, -0.25) is 4.79 Å². The number of nitrogens with one attached hydrogen (secondary N) is 2. The monoisotopic (exact) mass is 323 g/mol. The fourth-order valence-corrected chi connectivity index (χ4v) is 2.02. The third-order valence-electron chi connectivity index (χ3n) is 3.33. The summed E-state index contributed by atoms with van der Waals surface area (Å²) in [6, 6.07) is 15.5. The maximum atomic E-state index is 11.9. The number of amides is 2. The minimum Gasteiger partial charge on any atom is -0.469 e. The Morgan fingerprint density at radius 3 is 2.04 bits per heavy atom. The van der Waals surface area contributed by atoms with Crippen LogP contribution in [0.25, 0.3) is 0 Å². The molecule has 0 bridgehead atoms. The van der Waals surface area contributed by atoms with E-state index in [4.69, 9.17) is 5.26 Å². The van der Waals surface area contributed by atoms with E-state index in [0.717, 1.165) is 5.56 Å². The third-order valence-corrected chi connectivity index (χ3v) is 3.33. The summed E-state index contributed by atoms with van der Waals surface area (Å²) in [5.74, 6) is -0.251. The van der Waals surface area contributed by atoms with Crippen LogP contribution in [-0.4, -0.2) is 19.1 Å². The Kier molecular flexibility index (Phi) is 5.92. The van der Waals surface area contributed by atoms with E-state index in [-0.39, 0.29) is 12.0 Å². The quantitative estimate of drug-likeness (QED) is 0.826. The fraction of sp³-hybridized carbons (Fsp3) is 0.167. The highest BCUT2D eigenvalue weighted by Crippen LogP contribution is 2.13. The fourth-order valence-electron chi connectivity index (χ4n) is 2.02. The molecular weight excluding hydrogens is 306 g/mol. The van der Waals surface area contributed by atoms with Gasteiger partial charge < -0.3 is 15.4 Å². The van der Waals surface area contributed by atoms with Gasteiger partial charge in [0.15, 0.2) is 0 Å². The molecule has 0 unspecified atom stereocenters. The Morgan fingerprint density at radius 1 is 1.00 bits per heavy atom. The van der Waals surface area contributed by atoms with Crippen LogP contribution < -0.4 is 10.6 Å². The molecule has 2 aromatic carbocycles. The number of hydrogen-bond acceptors (Lipinski definition) is 4. The summed E-state index contributed by atoms with van der Waals surface area (Å²) in [5.41, 5.74) is 2.76. The zero-order valence-electron chi connectivity index (χ0n) is 13.2. The van der Waals surface area contributed by atoms with Crippen molar-refractivity contribution in [1.29, 1.82) is 5.26 Å². The highest BCUT2D eigenvalue weighted by Gasteiger charge is 2.04. The van der Waals surface area contributed by atoms with Crippen molar-refractivity contribution in [3.63, 3.8) is 0 Å². The molecule has 0 heterocycles. The van der Waals surface area contributed by atoms with Crippen LogP contribution in [0.2, 0.25) is 0 Å². The highest BCUT2D eigenvalue weighted by atomic mass is 16.5. The predicted octanol–water partition coefficient (Wildman–Crippen LogP) is 3.31. The van der Waals surface area contributed by atoms with Gasteiger partial charge in [0.05, 0.1) is 18.7 Å². The van der Waals surface area contributed by atoms with E-state index >= 15 is 0 Å². The lowest BCUT2D eigenvalue weighted by Gasteiger charge is -2.08. The second kappa shape index (κ2) is 8.34. The number of carbonyl (C=O) groups excluding carboxylic acids is 2. The summed E-state index contributed by atoms with van der Waals surface area (Å²) in [4.78, 5) is 23.0. The lowest BCUT2D eigenvalue weighted by atomic mass is 10.1. The van der Waals surface area contributed by atoms with Crippen molar-refractivity contribution in [1.82, 2.24) is 0 Å². The van der Waals surface area contributed by atoms with Crippen molar-refractivity contribution in [2.24, 2.45) is 0 Å². The van der Waals surface area contributed by atoms with Crippen molar-refractivity contribution < 1.29 is 14.3 Å². The molecule has 122 valence electrons. The van der Waals surface area contributed by atoms with Gasteiger partial charge in [0.25, 0.3) is 0 Å². The number of nitriles is 1. The molecule has 0 aliphatic heterocycles. The van der Waals surface area contributed by atoms with E-state index in [1.54, 1.807) is 36.4 Å². The van der Waals surface area contributed by atoms with Gasteiger partial charge in [-0.25, -0.2) is 4.79 Å². The van der Waals surface area contributed by atoms with E-state index in [0.29, 0.717) is 29.8 Å². The van der Waals surface area contributed by atoms with Crippen LogP contribution in [0.5, 0.6) is 0 Å². The van der Waals surface area contributed by atoms with Crippen molar-refractivity contribution in [2.75, 3.05) is 17.7 Å². The molecule has 6 nitrogen and oxygen atoms in total. The molecule has 0 spiro atoms. The van der Waals surface area contributed by atoms with E-state index < -0.39 is 0 Å². The topological polar surface area (TPSA) is 91.2 Å². The molecular formula is C18H17N3O3. The minimum atomic E-state index is -0.373. The van der Waals surface area contributed by atoms with Gasteiger partial charge in [0.1, 0.15) is 0 Å². The average Bonchev–Trinajstić information content (AvgIpc) is 2.61. The van der Waals surface area contributed by atoms with Crippen LogP contribution in [0.1, 0.15) is 17.5 Å². The summed E-state index contributed by atoms with van der Waals surface area (Å²) >= 11 is 0. The zero-order chi connectivity index (χ0) is 17.4. The van der Waals surface area contributed by atoms with E-state index in [1.165, 1.54) is 7.11 Å². The van der Waals surface area contributed by atoms with Crippen molar-refractivity contribution in [3.05, 3.63) is 59.7 Å². The summed E-state index contributed by atoms with van der Waals surface area (Å²) in [7, 11) is 1.36. The number of aryl methyl sites for hydroxylation is 1. The van der Waals surface area contributed by atoms with Crippen LogP contribution in [-0.2, 0) is 16.0 Å². The number of esters is 1. The maximum absolute atomic E-state index is 11.9. The molecule has 2 amide bonds. The summed E-state index contributed by atoms with van der Waals surface area (Å²) < 4.78 is 4.60. The van der Waals surface area contributed by atoms with Gasteiger partial charge in [0, 0.05) is 17.8 Å². The van der Waals surface area contributed by atoms with Gasteiger partial charge in [-0.05, 0) is 48.4 Å². The van der Waals surface area contributed by atoms with E-state index in [9.17, 15) is 9.59 Å². The number of benzene rings is 2. The lowest BCUT2D eigenvalue weighted by molar-refractivity contribution is -0.140. The van der Waals surface area contributed by atoms with Gasteiger partial charge in [-0.15, -0.1) is 0 Å². The van der Waals surface area contributed by atoms with Crippen LogP contribution in [0.15, 0.2) is 48.5 Å². The molecule has 0 aliphatic carbocycles. The van der Waals surface area contributed by atoms with Gasteiger partial charge in [-0.1, -0.05) is 12.1 Å². The van der Waals surface area contributed by atoms with E-state index in [2.05, 4.69) is 15.4 Å². The van der Waals surface area contributed by atoms with Crippen molar-refractivity contribution in [3.8, 4) is 6.07 Å². The number of methoxy groups -OCH3 is 1. The first kappa shape index (κ1) is 17.0. The van der Waals surface area contributed by atoms with Gasteiger partial charge in [-0.2, -0.15) is 5.26 Å². The first-order valence-electron chi connectivity index (χ1n) is 7.34. The van der Waals surface area contributed by atoms with Gasteiger partial charge >= 0.3 is 12.0 Å². The summed E-state index contributed by atoms with van der Waals surface area (Å²) in [6.07, 6.45) is 0.910. The number of anilines is 2. The second-order valence-electron chi connectivity index (χ2n) is 5.04. The third kappa shape index (κ3) is 5.14. The molecule has 2 rings (SSSR count). The molecule has 0 fully saturated rings. The molecule has 0 atom stereocenters. The van der Waals surface area contributed by atoms with E-state index in [1.807, 2.05) is 18.2 Å². The molecule has 2 aromatic rings. The number of rotatable bonds is 5. The normalized spacial score (nSPS) is 9.67. The van der Waals surface area contributed by atoms with Gasteiger partial charge in [0.2, 0.25) is 0 Å². The summed E-state index contributed by atoms with van der Waals surface area (Å²) in [6.45, 7) is 0. The average molecular weight is 323 g/mol. The molecule has 2 N–H and O–H groups in total. The minimum absolute atomic E-state index is 0.251. The largest absolute Gasteiger partial charge is 0.469 e. The molecule has 0 saturated carbocycles. The van der Waals surface area contributed by atoms with Crippen molar-refractivity contribution in [2.45, 2.75) is 12.8 Å². The molecule has 0 aromatic heterocycles. The zero-order valence-corrected chi connectivity index (χ0v) is 13.2. The number of hydrogen-bond donors (Lipinski definition) is 2. The molecule has 0 radical (unpaired) electrons. The van der Waals surface area contributed by atoms with Crippen LogP contribution in [0.4, 0.5) is 16.2 Å². The predicted molar refractivity (Wildman–Crippen MR) is 90.6 cm³/mol. The first-order valence-corrected chi connectivity index (χ1v) is 7.34. The Balaban J connectivity index is 1.87. The first-order chi connectivity index (χ1) is 11.6. The lowest BCUT2D eigenvalue weighted by Crippen LogP contribution is -2.19. The van der Waals surface area contributed by atoms with Crippen LogP contribution in [0, 0.1) is 11.3 Å². The van der Waals surface area contributed by atoms with Crippen LogP contribution in [0.3, 0.4) is 0 Å². The SMILES string of the molecule is COC(=O)CCc1ccc(NC(=O)Nc2ccc(C#N)cc2)cc1. The standard InChI is InChI=1S/C18H17N3O3/c1-24-17(22)11-6-13-2-7-15(8-3-13)20-18(23)21-16-9-4-14(12-19)5-10-16/h2-5,7-10H,6,11H2,1H3,(H2,20,21,23). The Morgan fingerprint density at radius 2 is 1.54 bits per heavy atom. The molecule has 24 heavy (non-hydrogen) atoms. The smallest absolute Gasteiger partial charge is 0.323 e. The highest BCUT2D eigenvalue weighted by molar-refractivity contribution is 5.99. The number of urea groups is 1. The molecule has 0 saturated heterocycles. The molecule has 0 aliphatic rings. The Hall–Kier alpha value is -3.33. The second-order valence-corrected chi connectivity index (χ2v) is 5.04. The summed E-state index contributed by atoms with van der Waals surface area (Å²) in [5, 5.41) is 14.1.